The van der Waals surface area contributed by atoms with E-state index in [1.165, 1.54) is 0 Å². The fourth-order valence-corrected chi connectivity index (χ4v) is 2.37. The maximum Gasteiger partial charge on any atom is 0.306 e. The standard InChI is InChI=1S/C12H13BrO3/c1-16-11-3-2-9(13)5-8(11)4-7-6-10(7)12(14)15/h2-3,5,7,10H,4,6H2,1H3,(H,14,15). The third kappa shape index (κ3) is 2.38. The highest BCUT2D eigenvalue weighted by molar-refractivity contribution is 9.10. The Balaban J connectivity index is 2.09. The summed E-state index contributed by atoms with van der Waals surface area (Å²) in [5, 5.41) is 8.84. The third-order valence-corrected chi connectivity index (χ3v) is 3.46. The highest BCUT2D eigenvalue weighted by Gasteiger charge is 2.43. The molecule has 0 heterocycles. The Kier molecular flexibility index (Phi) is 3.19. The van der Waals surface area contributed by atoms with Crippen LogP contribution in [-0.2, 0) is 11.2 Å². The zero-order valence-electron chi connectivity index (χ0n) is 8.94. The van der Waals surface area contributed by atoms with Crippen molar-refractivity contribution in [3.8, 4) is 5.75 Å². The lowest BCUT2D eigenvalue weighted by Gasteiger charge is -2.08. The Bertz CT molecular complexity index is 417. The van der Waals surface area contributed by atoms with Crippen LogP contribution in [0.1, 0.15) is 12.0 Å². The molecule has 16 heavy (non-hydrogen) atoms. The summed E-state index contributed by atoms with van der Waals surface area (Å²) in [5.41, 5.74) is 1.07. The van der Waals surface area contributed by atoms with Gasteiger partial charge in [-0.25, -0.2) is 0 Å². The average molecular weight is 285 g/mol. The van der Waals surface area contributed by atoms with Gasteiger partial charge in [0.25, 0.3) is 0 Å². The number of hydrogen-bond acceptors (Lipinski definition) is 2. The molecular formula is C12H13BrO3. The molecule has 4 heteroatoms. The quantitative estimate of drug-likeness (QED) is 0.925. The Morgan fingerprint density at radius 3 is 2.94 bits per heavy atom. The van der Waals surface area contributed by atoms with Crippen molar-refractivity contribution in [2.45, 2.75) is 12.8 Å². The molecule has 1 aromatic rings. The summed E-state index contributed by atoms with van der Waals surface area (Å²) < 4.78 is 6.25. The van der Waals surface area contributed by atoms with Crippen molar-refractivity contribution in [3.63, 3.8) is 0 Å². The molecule has 86 valence electrons. The molecule has 0 spiro atoms. The van der Waals surface area contributed by atoms with E-state index in [0.29, 0.717) is 0 Å². The molecule has 1 aromatic carbocycles. The second-order valence-electron chi connectivity index (χ2n) is 4.10. The molecular weight excluding hydrogens is 272 g/mol. The van der Waals surface area contributed by atoms with Gasteiger partial charge in [-0.15, -0.1) is 0 Å². The maximum absolute atomic E-state index is 10.7. The maximum atomic E-state index is 10.7. The smallest absolute Gasteiger partial charge is 0.306 e. The van der Waals surface area contributed by atoms with E-state index in [2.05, 4.69) is 15.9 Å². The normalized spacial score (nSPS) is 22.9. The van der Waals surface area contributed by atoms with Gasteiger partial charge in [0.2, 0.25) is 0 Å². The summed E-state index contributed by atoms with van der Waals surface area (Å²) in [7, 11) is 1.63. The molecule has 0 aliphatic heterocycles. The summed E-state index contributed by atoms with van der Waals surface area (Å²) in [6.45, 7) is 0. The van der Waals surface area contributed by atoms with Gasteiger partial charge in [0.1, 0.15) is 5.75 Å². The molecule has 0 amide bonds. The molecule has 1 aliphatic rings. The number of carboxylic acids is 1. The Morgan fingerprint density at radius 2 is 2.38 bits per heavy atom. The van der Waals surface area contributed by atoms with E-state index in [4.69, 9.17) is 9.84 Å². The van der Waals surface area contributed by atoms with Crippen LogP contribution in [0.4, 0.5) is 0 Å². The fourth-order valence-electron chi connectivity index (χ4n) is 1.96. The van der Waals surface area contributed by atoms with Gasteiger partial charge in [0.15, 0.2) is 0 Å². The number of carbonyl (C=O) groups is 1. The summed E-state index contributed by atoms with van der Waals surface area (Å²) in [5.74, 6) is 0.252. The summed E-state index contributed by atoms with van der Waals surface area (Å²) >= 11 is 3.41. The van der Waals surface area contributed by atoms with Crippen molar-refractivity contribution in [3.05, 3.63) is 28.2 Å². The van der Waals surface area contributed by atoms with Crippen LogP contribution in [-0.4, -0.2) is 18.2 Å². The number of ether oxygens (including phenoxy) is 1. The molecule has 1 N–H and O–H groups in total. The largest absolute Gasteiger partial charge is 0.496 e. The van der Waals surface area contributed by atoms with Gasteiger partial charge in [-0.2, -0.15) is 0 Å². The minimum Gasteiger partial charge on any atom is -0.496 e. The van der Waals surface area contributed by atoms with E-state index in [1.807, 2.05) is 18.2 Å². The average Bonchev–Trinajstić information content (AvgIpc) is 2.98. The fraction of sp³-hybridized carbons (Fsp3) is 0.417. The Morgan fingerprint density at radius 1 is 1.62 bits per heavy atom. The van der Waals surface area contributed by atoms with Gasteiger partial charge in [-0.1, -0.05) is 15.9 Å². The molecule has 1 fully saturated rings. The zero-order valence-corrected chi connectivity index (χ0v) is 10.5. The topological polar surface area (TPSA) is 46.5 Å². The number of halogens is 1. The van der Waals surface area contributed by atoms with Gasteiger partial charge in [0.05, 0.1) is 13.0 Å². The number of benzene rings is 1. The van der Waals surface area contributed by atoms with E-state index >= 15 is 0 Å². The summed E-state index contributed by atoms with van der Waals surface area (Å²) in [6.07, 6.45) is 1.56. The van der Waals surface area contributed by atoms with E-state index < -0.39 is 5.97 Å². The molecule has 0 aromatic heterocycles. The van der Waals surface area contributed by atoms with Crippen LogP contribution in [0.3, 0.4) is 0 Å². The molecule has 0 bridgehead atoms. The minimum absolute atomic E-state index is 0.163. The number of carboxylic acid groups (broad SMARTS) is 1. The van der Waals surface area contributed by atoms with Crippen LogP contribution in [0.25, 0.3) is 0 Å². The van der Waals surface area contributed by atoms with E-state index in [1.54, 1.807) is 7.11 Å². The monoisotopic (exact) mass is 284 g/mol. The number of hydrogen-bond donors (Lipinski definition) is 1. The van der Waals surface area contributed by atoms with Crippen molar-refractivity contribution in [1.82, 2.24) is 0 Å². The van der Waals surface area contributed by atoms with Crippen LogP contribution in [0, 0.1) is 11.8 Å². The molecule has 0 saturated heterocycles. The first-order chi connectivity index (χ1) is 7.61. The first kappa shape index (κ1) is 11.5. The number of aliphatic carboxylic acids is 1. The molecule has 3 nitrogen and oxygen atoms in total. The van der Waals surface area contributed by atoms with Gasteiger partial charge in [-0.3, -0.25) is 4.79 Å². The van der Waals surface area contributed by atoms with Crippen molar-refractivity contribution in [1.29, 1.82) is 0 Å². The van der Waals surface area contributed by atoms with E-state index in [0.717, 1.165) is 28.6 Å². The molecule has 2 unspecified atom stereocenters. The lowest BCUT2D eigenvalue weighted by Crippen LogP contribution is -2.02. The van der Waals surface area contributed by atoms with Crippen molar-refractivity contribution in [2.75, 3.05) is 7.11 Å². The highest BCUT2D eigenvalue weighted by Crippen LogP contribution is 2.42. The predicted molar refractivity (Wildman–Crippen MR) is 63.6 cm³/mol. The molecule has 2 rings (SSSR count). The molecule has 1 aliphatic carbocycles. The highest BCUT2D eigenvalue weighted by atomic mass is 79.9. The van der Waals surface area contributed by atoms with Gasteiger partial charge >= 0.3 is 5.97 Å². The van der Waals surface area contributed by atoms with Crippen molar-refractivity contribution >= 4 is 21.9 Å². The second-order valence-corrected chi connectivity index (χ2v) is 5.02. The zero-order chi connectivity index (χ0) is 11.7. The molecule has 0 radical (unpaired) electrons. The Hall–Kier alpha value is -1.03. The van der Waals surface area contributed by atoms with Crippen LogP contribution in [0.15, 0.2) is 22.7 Å². The van der Waals surface area contributed by atoms with Gasteiger partial charge in [-0.05, 0) is 42.5 Å². The van der Waals surface area contributed by atoms with Crippen molar-refractivity contribution < 1.29 is 14.6 Å². The number of rotatable bonds is 4. The Labute approximate surface area is 103 Å². The SMILES string of the molecule is COc1ccc(Br)cc1CC1CC1C(=O)O. The first-order valence-corrected chi connectivity index (χ1v) is 5.96. The van der Waals surface area contributed by atoms with Gasteiger partial charge in [0, 0.05) is 4.47 Å². The lowest BCUT2D eigenvalue weighted by atomic mass is 10.1. The first-order valence-electron chi connectivity index (χ1n) is 5.17. The van der Waals surface area contributed by atoms with Crippen LogP contribution >= 0.6 is 15.9 Å². The minimum atomic E-state index is -0.682. The summed E-state index contributed by atoms with van der Waals surface area (Å²) in [4.78, 5) is 10.7. The van der Waals surface area contributed by atoms with Crippen LogP contribution in [0.5, 0.6) is 5.75 Å². The predicted octanol–water partition coefficient (Wildman–Crippen LogP) is 2.72. The third-order valence-electron chi connectivity index (χ3n) is 2.96. The van der Waals surface area contributed by atoms with E-state index in [9.17, 15) is 4.79 Å². The van der Waals surface area contributed by atoms with Crippen molar-refractivity contribution in [2.24, 2.45) is 11.8 Å². The van der Waals surface area contributed by atoms with Crippen LogP contribution < -0.4 is 4.74 Å². The van der Waals surface area contributed by atoms with E-state index in [-0.39, 0.29) is 11.8 Å². The molecule has 2 atom stereocenters. The van der Waals surface area contributed by atoms with Crippen LogP contribution in [0.2, 0.25) is 0 Å². The lowest BCUT2D eigenvalue weighted by molar-refractivity contribution is -0.138. The number of methoxy groups -OCH3 is 1. The summed E-state index contributed by atoms with van der Waals surface area (Å²) in [6, 6.07) is 5.82. The molecule has 1 saturated carbocycles. The van der Waals surface area contributed by atoms with Gasteiger partial charge < -0.3 is 9.84 Å². The second kappa shape index (κ2) is 4.45.